The number of nitrogens with zero attached hydrogens (tertiary/aromatic N) is 1. The van der Waals surface area contributed by atoms with Gasteiger partial charge in [-0.3, -0.25) is 4.90 Å². The fraction of sp³-hybridized carbons (Fsp3) is 0.375. The van der Waals surface area contributed by atoms with E-state index in [1.807, 2.05) is 11.3 Å². The summed E-state index contributed by atoms with van der Waals surface area (Å²) in [4.78, 5) is 4.11. The molecule has 0 radical (unpaired) electrons. The van der Waals surface area contributed by atoms with Crippen LogP contribution in [0.5, 0.6) is 0 Å². The lowest BCUT2D eigenvalue weighted by atomic mass is 10.0. The number of hydrogen-bond acceptors (Lipinski definition) is 3. The summed E-state index contributed by atoms with van der Waals surface area (Å²) in [5.74, 6) is 0. The molecule has 0 spiro atoms. The maximum Gasteiger partial charge on any atom is 0.0473 e. The first-order valence-electron chi connectivity index (χ1n) is 6.95. The first-order chi connectivity index (χ1) is 9.43. The summed E-state index contributed by atoms with van der Waals surface area (Å²) in [6.07, 6.45) is 1.17. The normalized spacial score (nSPS) is 20.5. The van der Waals surface area contributed by atoms with Crippen molar-refractivity contribution in [3.05, 3.63) is 58.3 Å². The molecule has 100 valence electrons. The van der Waals surface area contributed by atoms with Crippen molar-refractivity contribution in [1.82, 2.24) is 10.2 Å². The average Bonchev–Trinajstić information content (AvgIpc) is 3.00. The van der Waals surface area contributed by atoms with Crippen molar-refractivity contribution in [3.8, 4) is 0 Å². The zero-order valence-electron chi connectivity index (χ0n) is 11.1. The highest BCUT2D eigenvalue weighted by atomic mass is 32.1. The van der Waals surface area contributed by atoms with Crippen LogP contribution in [-0.2, 0) is 6.42 Å². The third-order valence-corrected chi connectivity index (χ3v) is 4.70. The lowest BCUT2D eigenvalue weighted by Gasteiger charge is -2.36. The Labute approximate surface area is 119 Å². The highest BCUT2D eigenvalue weighted by Gasteiger charge is 2.22. The van der Waals surface area contributed by atoms with Crippen LogP contribution in [0, 0.1) is 0 Å². The van der Waals surface area contributed by atoms with E-state index in [1.54, 1.807) is 0 Å². The van der Waals surface area contributed by atoms with Gasteiger partial charge in [-0.1, -0.05) is 36.4 Å². The van der Waals surface area contributed by atoms with Crippen molar-refractivity contribution in [2.24, 2.45) is 0 Å². The van der Waals surface area contributed by atoms with E-state index in [-0.39, 0.29) is 0 Å². The highest BCUT2D eigenvalue weighted by Crippen LogP contribution is 2.22. The molecule has 1 fully saturated rings. The van der Waals surface area contributed by atoms with Crippen LogP contribution in [0.2, 0.25) is 0 Å². The second-order valence-corrected chi connectivity index (χ2v) is 6.03. The van der Waals surface area contributed by atoms with E-state index in [2.05, 4.69) is 58.1 Å². The number of hydrogen-bond donors (Lipinski definition) is 1. The van der Waals surface area contributed by atoms with Crippen LogP contribution in [0.25, 0.3) is 0 Å². The molecule has 1 saturated heterocycles. The van der Waals surface area contributed by atoms with Gasteiger partial charge in [0.05, 0.1) is 0 Å². The summed E-state index contributed by atoms with van der Waals surface area (Å²) in [5.41, 5.74) is 1.43. The Balaban J connectivity index is 1.67. The summed E-state index contributed by atoms with van der Waals surface area (Å²) < 4.78 is 0. The Kier molecular flexibility index (Phi) is 4.28. The molecule has 1 aliphatic rings. The summed E-state index contributed by atoms with van der Waals surface area (Å²) in [6.45, 7) is 4.47. The van der Waals surface area contributed by atoms with Crippen LogP contribution in [-0.4, -0.2) is 31.1 Å². The third kappa shape index (κ3) is 3.24. The molecule has 0 saturated carbocycles. The lowest BCUT2D eigenvalue weighted by molar-refractivity contribution is 0.164. The fourth-order valence-corrected chi connectivity index (χ4v) is 3.42. The van der Waals surface area contributed by atoms with Crippen LogP contribution in [0.15, 0.2) is 47.8 Å². The summed E-state index contributed by atoms with van der Waals surface area (Å²) >= 11 is 1.87. The molecule has 0 aliphatic carbocycles. The van der Waals surface area contributed by atoms with Gasteiger partial charge < -0.3 is 5.32 Å². The van der Waals surface area contributed by atoms with Crippen LogP contribution >= 0.6 is 11.3 Å². The molecular weight excluding hydrogens is 252 g/mol. The van der Waals surface area contributed by atoms with Crippen molar-refractivity contribution < 1.29 is 0 Å². The zero-order chi connectivity index (χ0) is 12.9. The van der Waals surface area contributed by atoms with Crippen molar-refractivity contribution >= 4 is 11.3 Å². The second kappa shape index (κ2) is 6.33. The van der Waals surface area contributed by atoms with Crippen LogP contribution < -0.4 is 5.32 Å². The number of rotatable bonds is 4. The monoisotopic (exact) mass is 272 g/mol. The Morgan fingerprint density at radius 3 is 2.84 bits per heavy atom. The molecule has 3 heteroatoms. The number of nitrogens with one attached hydrogen (secondary N) is 1. The Hall–Kier alpha value is -1.16. The van der Waals surface area contributed by atoms with Gasteiger partial charge in [0.1, 0.15) is 0 Å². The Morgan fingerprint density at radius 1 is 1.16 bits per heavy atom. The minimum Gasteiger partial charge on any atom is -0.314 e. The van der Waals surface area contributed by atoms with Gasteiger partial charge in [0.15, 0.2) is 0 Å². The van der Waals surface area contributed by atoms with Gasteiger partial charge in [0.2, 0.25) is 0 Å². The second-order valence-electron chi connectivity index (χ2n) is 5.00. The molecule has 1 atom stereocenters. The first kappa shape index (κ1) is 12.9. The minimum absolute atomic E-state index is 0.523. The van der Waals surface area contributed by atoms with E-state index in [4.69, 9.17) is 0 Å². The average molecular weight is 272 g/mol. The van der Waals surface area contributed by atoms with Crippen LogP contribution in [0.1, 0.15) is 16.5 Å². The smallest absolute Gasteiger partial charge is 0.0473 e. The van der Waals surface area contributed by atoms with E-state index in [0.717, 1.165) is 26.2 Å². The fourth-order valence-electron chi connectivity index (χ4n) is 2.73. The zero-order valence-corrected chi connectivity index (χ0v) is 11.9. The third-order valence-electron chi connectivity index (χ3n) is 3.76. The van der Waals surface area contributed by atoms with Crippen molar-refractivity contribution in [2.45, 2.75) is 12.5 Å². The summed E-state index contributed by atoms with van der Waals surface area (Å²) in [6, 6.07) is 15.8. The van der Waals surface area contributed by atoms with Crippen LogP contribution in [0.3, 0.4) is 0 Å². The molecule has 2 nitrogen and oxygen atoms in total. The minimum atomic E-state index is 0.523. The van der Waals surface area contributed by atoms with Gasteiger partial charge in [-0.25, -0.2) is 0 Å². The molecule has 1 N–H and O–H groups in total. The molecule has 1 aromatic carbocycles. The maximum absolute atomic E-state index is 3.52. The van der Waals surface area contributed by atoms with E-state index in [1.165, 1.54) is 16.9 Å². The molecular formula is C16H20N2S. The van der Waals surface area contributed by atoms with E-state index < -0.39 is 0 Å². The number of piperazine rings is 1. The topological polar surface area (TPSA) is 15.3 Å². The Morgan fingerprint density at radius 2 is 2.05 bits per heavy atom. The van der Waals surface area contributed by atoms with Gasteiger partial charge >= 0.3 is 0 Å². The van der Waals surface area contributed by atoms with Crippen LogP contribution in [0.4, 0.5) is 0 Å². The van der Waals surface area contributed by atoms with Gasteiger partial charge in [-0.15, -0.1) is 11.3 Å². The summed E-state index contributed by atoms with van der Waals surface area (Å²) in [5, 5.41) is 5.69. The van der Waals surface area contributed by atoms with Crippen molar-refractivity contribution in [1.29, 1.82) is 0 Å². The molecule has 1 aromatic heterocycles. The molecule has 2 heterocycles. The predicted molar refractivity (Wildman–Crippen MR) is 81.6 cm³/mol. The van der Waals surface area contributed by atoms with E-state index in [9.17, 15) is 0 Å². The SMILES string of the molecule is c1ccc(C2CNCCN2CCc2cccs2)cc1. The van der Waals surface area contributed by atoms with Gasteiger partial charge in [0.25, 0.3) is 0 Å². The van der Waals surface area contributed by atoms with Crippen molar-refractivity contribution in [3.63, 3.8) is 0 Å². The van der Waals surface area contributed by atoms with Gasteiger partial charge in [-0.2, -0.15) is 0 Å². The summed E-state index contributed by atoms with van der Waals surface area (Å²) in [7, 11) is 0. The van der Waals surface area contributed by atoms with E-state index in [0.29, 0.717) is 6.04 Å². The standard InChI is InChI=1S/C16H20N2S/c1-2-5-14(6-3-1)16-13-17-9-11-18(16)10-8-15-7-4-12-19-15/h1-7,12,16-17H,8-11,13H2. The number of benzene rings is 1. The first-order valence-corrected chi connectivity index (χ1v) is 7.83. The van der Waals surface area contributed by atoms with E-state index >= 15 is 0 Å². The molecule has 19 heavy (non-hydrogen) atoms. The number of thiophene rings is 1. The van der Waals surface area contributed by atoms with Crippen molar-refractivity contribution in [2.75, 3.05) is 26.2 Å². The Bertz CT molecular complexity index is 481. The maximum atomic E-state index is 3.52. The largest absolute Gasteiger partial charge is 0.314 e. The molecule has 2 aromatic rings. The molecule has 3 rings (SSSR count). The molecule has 1 aliphatic heterocycles. The molecule has 1 unspecified atom stereocenters. The lowest BCUT2D eigenvalue weighted by Crippen LogP contribution is -2.46. The van der Waals surface area contributed by atoms with Gasteiger partial charge in [-0.05, 0) is 23.4 Å². The predicted octanol–water partition coefficient (Wildman–Crippen LogP) is 2.94. The highest BCUT2D eigenvalue weighted by molar-refractivity contribution is 7.09. The quantitative estimate of drug-likeness (QED) is 0.920. The molecule has 0 amide bonds. The van der Waals surface area contributed by atoms with Gasteiger partial charge in [0, 0.05) is 37.1 Å². The molecule has 0 bridgehead atoms.